The number of hydrogen-bond donors (Lipinski definition) is 2. The van der Waals surface area contributed by atoms with Crippen molar-refractivity contribution in [3.8, 4) is 28.5 Å². The molecule has 1 aliphatic rings. The number of benzene rings is 3. The number of carboxylic acids is 1. The van der Waals surface area contributed by atoms with E-state index in [0.717, 1.165) is 5.56 Å². The monoisotopic (exact) mass is 532 g/mol. The van der Waals surface area contributed by atoms with E-state index in [2.05, 4.69) is 10.3 Å². The molecule has 1 aliphatic heterocycles. The number of halogens is 2. The summed E-state index contributed by atoms with van der Waals surface area (Å²) in [7, 11) is 0. The number of nitrogens with one attached hydrogen (secondary N) is 1. The smallest absolute Gasteiger partial charge is 0.311 e. The van der Waals surface area contributed by atoms with Crippen LogP contribution in [0.25, 0.3) is 11.3 Å². The van der Waals surface area contributed by atoms with Crippen molar-refractivity contribution in [3.63, 3.8) is 0 Å². The van der Waals surface area contributed by atoms with Crippen LogP contribution in [0.1, 0.15) is 33.8 Å². The van der Waals surface area contributed by atoms with Gasteiger partial charge in [0.2, 0.25) is 0 Å². The molecule has 2 heterocycles. The van der Waals surface area contributed by atoms with Crippen molar-refractivity contribution in [2.45, 2.75) is 19.3 Å². The van der Waals surface area contributed by atoms with Crippen LogP contribution in [0.2, 0.25) is 5.02 Å². The number of ether oxygens (including phenoxy) is 2. The summed E-state index contributed by atoms with van der Waals surface area (Å²) in [5, 5.41) is 12.5. The Morgan fingerprint density at radius 1 is 1.11 bits per heavy atom. The molecule has 7 nitrogen and oxygen atoms in total. The summed E-state index contributed by atoms with van der Waals surface area (Å²) in [5.74, 6) is -0.749. The topological polar surface area (TPSA) is 97.8 Å². The Morgan fingerprint density at radius 3 is 2.63 bits per heavy atom. The van der Waals surface area contributed by atoms with Gasteiger partial charge < -0.3 is 19.9 Å². The number of carbonyl (C=O) groups excluding carboxylic acids is 1. The van der Waals surface area contributed by atoms with Crippen LogP contribution >= 0.6 is 11.6 Å². The molecule has 2 N–H and O–H groups in total. The fraction of sp³-hybridized carbons (Fsp3) is 0.138. The third-order valence-electron chi connectivity index (χ3n) is 6.19. The maximum atomic E-state index is 13.6. The van der Waals surface area contributed by atoms with E-state index < -0.39 is 11.9 Å². The highest BCUT2D eigenvalue weighted by Gasteiger charge is 2.29. The highest BCUT2D eigenvalue weighted by molar-refractivity contribution is 6.32. The molecule has 38 heavy (non-hydrogen) atoms. The van der Waals surface area contributed by atoms with Gasteiger partial charge in [-0.15, -0.1) is 0 Å². The average Bonchev–Trinajstić information content (AvgIpc) is 2.91. The van der Waals surface area contributed by atoms with Crippen molar-refractivity contribution in [1.29, 1.82) is 0 Å². The SMILES string of the molecule is Cc1cc(-c2cccc(NC(=O)c3ccc(Oc4cc5c(cc4Cl)C(C(=O)O)CCO5)cc3)n2)ccc1F. The number of rotatable bonds is 6. The molecule has 5 rings (SSSR count). The minimum atomic E-state index is -0.930. The van der Waals surface area contributed by atoms with E-state index in [1.165, 1.54) is 6.07 Å². The predicted molar refractivity (Wildman–Crippen MR) is 141 cm³/mol. The Hall–Kier alpha value is -4.43. The summed E-state index contributed by atoms with van der Waals surface area (Å²) in [4.78, 5) is 28.8. The zero-order chi connectivity index (χ0) is 26.8. The number of fused-ring (bicyclic) bond motifs is 1. The number of amides is 1. The van der Waals surface area contributed by atoms with Crippen LogP contribution in [0.3, 0.4) is 0 Å². The second-order valence-electron chi connectivity index (χ2n) is 8.80. The number of nitrogens with zero attached hydrogens (tertiary/aromatic N) is 1. The standard InChI is InChI=1S/C29H22ClFN2O5/c1-16-13-18(7-10-23(16)31)24-3-2-4-27(32-24)33-28(34)17-5-8-19(9-6-17)38-26-15-25-21(14-22(26)30)20(29(35)36)11-12-37-25/h2-10,13-15,20H,11-12H2,1H3,(H,35,36)(H,32,33,34). The van der Waals surface area contributed by atoms with Crippen LogP contribution < -0.4 is 14.8 Å². The number of carbonyl (C=O) groups is 2. The number of hydrogen-bond acceptors (Lipinski definition) is 5. The molecule has 0 aliphatic carbocycles. The molecule has 0 saturated heterocycles. The number of aromatic nitrogens is 1. The van der Waals surface area contributed by atoms with Gasteiger partial charge in [0.05, 0.1) is 23.2 Å². The minimum Gasteiger partial charge on any atom is -0.493 e. The highest BCUT2D eigenvalue weighted by Crippen LogP contribution is 2.41. The molecule has 0 spiro atoms. The first-order valence-corrected chi connectivity index (χ1v) is 12.2. The molecule has 1 atom stereocenters. The Morgan fingerprint density at radius 2 is 1.89 bits per heavy atom. The zero-order valence-corrected chi connectivity index (χ0v) is 21.0. The van der Waals surface area contributed by atoms with Gasteiger partial charge in [-0.2, -0.15) is 0 Å². The maximum Gasteiger partial charge on any atom is 0.311 e. The van der Waals surface area contributed by atoms with E-state index in [1.807, 2.05) is 0 Å². The molecule has 3 aromatic carbocycles. The number of aryl methyl sites for hydroxylation is 1. The minimum absolute atomic E-state index is 0.254. The normalized spacial score (nSPS) is 14.2. The molecule has 1 aromatic heterocycles. The Bertz CT molecular complexity index is 1540. The second kappa shape index (κ2) is 10.5. The summed E-state index contributed by atoms with van der Waals surface area (Å²) in [6.45, 7) is 1.97. The van der Waals surface area contributed by atoms with Crippen molar-refractivity contribution in [3.05, 3.63) is 100 Å². The van der Waals surface area contributed by atoms with Crippen LogP contribution in [0.5, 0.6) is 17.2 Å². The van der Waals surface area contributed by atoms with Crippen LogP contribution in [0.15, 0.2) is 72.8 Å². The number of aliphatic carboxylic acids is 1. The van der Waals surface area contributed by atoms with Crippen LogP contribution in [0.4, 0.5) is 10.2 Å². The van der Waals surface area contributed by atoms with E-state index >= 15 is 0 Å². The largest absolute Gasteiger partial charge is 0.493 e. The van der Waals surface area contributed by atoms with E-state index in [0.29, 0.717) is 51.9 Å². The summed E-state index contributed by atoms with van der Waals surface area (Å²) in [6.07, 6.45) is 0.369. The Kier molecular flexibility index (Phi) is 6.98. The summed E-state index contributed by atoms with van der Waals surface area (Å²) in [6, 6.07) is 19.5. The van der Waals surface area contributed by atoms with Crippen molar-refractivity contribution < 1.29 is 28.6 Å². The van der Waals surface area contributed by atoms with Crippen LogP contribution in [-0.4, -0.2) is 28.6 Å². The number of anilines is 1. The van der Waals surface area contributed by atoms with Gasteiger partial charge in [-0.05, 0) is 79.6 Å². The van der Waals surface area contributed by atoms with Gasteiger partial charge in [0.15, 0.2) is 0 Å². The molecular formula is C29H22ClFN2O5. The predicted octanol–water partition coefficient (Wildman–Crippen LogP) is 6.84. The molecule has 9 heteroatoms. The third-order valence-corrected chi connectivity index (χ3v) is 6.49. The van der Waals surface area contributed by atoms with Crippen molar-refractivity contribution in [2.75, 3.05) is 11.9 Å². The Balaban J connectivity index is 1.28. The first-order chi connectivity index (χ1) is 18.3. The van der Waals surface area contributed by atoms with Gasteiger partial charge in [0, 0.05) is 22.8 Å². The molecule has 0 saturated carbocycles. The van der Waals surface area contributed by atoms with E-state index in [1.54, 1.807) is 73.7 Å². The Labute approximate surface area is 222 Å². The first-order valence-electron chi connectivity index (χ1n) is 11.8. The van der Waals surface area contributed by atoms with Crippen molar-refractivity contribution in [1.82, 2.24) is 4.98 Å². The van der Waals surface area contributed by atoms with Gasteiger partial charge in [0.25, 0.3) is 5.91 Å². The van der Waals surface area contributed by atoms with Crippen LogP contribution in [-0.2, 0) is 4.79 Å². The molecule has 4 aromatic rings. The fourth-order valence-electron chi connectivity index (χ4n) is 4.18. The number of carboxylic acid groups (broad SMARTS) is 1. The molecule has 0 bridgehead atoms. The van der Waals surface area contributed by atoms with E-state index in [4.69, 9.17) is 21.1 Å². The quantitative estimate of drug-likeness (QED) is 0.282. The van der Waals surface area contributed by atoms with E-state index in [-0.39, 0.29) is 23.4 Å². The number of pyridine rings is 1. The second-order valence-corrected chi connectivity index (χ2v) is 9.21. The summed E-state index contributed by atoms with van der Waals surface area (Å²) >= 11 is 6.36. The zero-order valence-electron chi connectivity index (χ0n) is 20.2. The summed E-state index contributed by atoms with van der Waals surface area (Å²) in [5.41, 5.74) is 2.75. The molecule has 1 amide bonds. The van der Waals surface area contributed by atoms with Crippen LogP contribution in [0, 0.1) is 12.7 Å². The lowest BCUT2D eigenvalue weighted by Crippen LogP contribution is -2.20. The lowest BCUT2D eigenvalue weighted by Gasteiger charge is -2.24. The third kappa shape index (κ3) is 5.31. The highest BCUT2D eigenvalue weighted by atomic mass is 35.5. The first kappa shape index (κ1) is 25.2. The van der Waals surface area contributed by atoms with Gasteiger partial charge in [-0.25, -0.2) is 9.37 Å². The van der Waals surface area contributed by atoms with Gasteiger partial charge in [-0.3, -0.25) is 9.59 Å². The molecule has 1 unspecified atom stereocenters. The average molecular weight is 533 g/mol. The van der Waals surface area contributed by atoms with Crippen molar-refractivity contribution in [2.24, 2.45) is 0 Å². The van der Waals surface area contributed by atoms with Crippen molar-refractivity contribution >= 4 is 29.3 Å². The molecular weight excluding hydrogens is 511 g/mol. The molecule has 0 radical (unpaired) electrons. The lowest BCUT2D eigenvalue weighted by atomic mass is 9.93. The molecule has 0 fully saturated rings. The maximum absolute atomic E-state index is 13.6. The fourth-order valence-corrected chi connectivity index (χ4v) is 4.39. The van der Waals surface area contributed by atoms with Gasteiger partial charge in [0.1, 0.15) is 28.9 Å². The van der Waals surface area contributed by atoms with Gasteiger partial charge >= 0.3 is 5.97 Å². The summed E-state index contributed by atoms with van der Waals surface area (Å²) < 4.78 is 25.1. The lowest BCUT2D eigenvalue weighted by molar-refractivity contribution is -0.139. The van der Waals surface area contributed by atoms with E-state index in [9.17, 15) is 19.1 Å². The van der Waals surface area contributed by atoms with Gasteiger partial charge in [-0.1, -0.05) is 17.7 Å². The molecule has 192 valence electrons.